The molecule has 4 heteroatoms. The van der Waals surface area contributed by atoms with Gasteiger partial charge in [-0.05, 0) is 37.1 Å². The van der Waals surface area contributed by atoms with E-state index in [1.165, 1.54) is 13.2 Å². The molecular formula is C14H19F2NO. The molecule has 1 aromatic carbocycles. The highest BCUT2D eigenvalue weighted by Crippen LogP contribution is 2.21. The van der Waals surface area contributed by atoms with Crippen LogP contribution in [0.2, 0.25) is 0 Å². The molecule has 1 aliphatic rings. The summed E-state index contributed by atoms with van der Waals surface area (Å²) < 4.78 is 32.4. The van der Waals surface area contributed by atoms with E-state index in [1.807, 2.05) is 0 Å². The molecule has 100 valence electrons. The first kappa shape index (κ1) is 13.3. The fourth-order valence-corrected chi connectivity index (χ4v) is 2.39. The van der Waals surface area contributed by atoms with E-state index in [2.05, 4.69) is 5.32 Å². The summed E-state index contributed by atoms with van der Waals surface area (Å²) in [5.41, 5.74) is 0.674. The molecule has 1 aliphatic heterocycles. The molecule has 1 aromatic rings. The number of methoxy groups -OCH3 is 1. The zero-order chi connectivity index (χ0) is 13.0. The lowest BCUT2D eigenvalue weighted by molar-refractivity contribution is 0.217. The summed E-state index contributed by atoms with van der Waals surface area (Å²) in [5, 5.41) is 3.18. The first-order chi connectivity index (χ1) is 8.70. The Balaban J connectivity index is 1.97. The van der Waals surface area contributed by atoms with Crippen LogP contribution < -0.4 is 10.1 Å². The summed E-state index contributed by atoms with van der Waals surface area (Å²) in [6.07, 6.45) is 2.33. The molecule has 0 radical (unpaired) electrons. The van der Waals surface area contributed by atoms with E-state index in [-0.39, 0.29) is 18.2 Å². The lowest BCUT2D eigenvalue weighted by Crippen LogP contribution is -2.42. The highest BCUT2D eigenvalue weighted by atomic mass is 19.1. The van der Waals surface area contributed by atoms with Crippen LogP contribution in [0.5, 0.6) is 5.75 Å². The molecule has 2 rings (SSSR count). The van der Waals surface area contributed by atoms with Crippen LogP contribution in [0.4, 0.5) is 8.78 Å². The number of alkyl halides is 1. The topological polar surface area (TPSA) is 21.3 Å². The highest BCUT2D eigenvalue weighted by Gasteiger charge is 2.23. The van der Waals surface area contributed by atoms with Crippen LogP contribution in [0.3, 0.4) is 0 Å². The Hall–Kier alpha value is -1.16. The van der Waals surface area contributed by atoms with Gasteiger partial charge in [-0.1, -0.05) is 12.5 Å². The van der Waals surface area contributed by atoms with Crippen LogP contribution in [0.25, 0.3) is 0 Å². The van der Waals surface area contributed by atoms with E-state index < -0.39 is 12.0 Å². The molecule has 2 unspecified atom stereocenters. The van der Waals surface area contributed by atoms with E-state index in [0.717, 1.165) is 25.8 Å². The van der Waals surface area contributed by atoms with Gasteiger partial charge in [0.1, 0.15) is 6.17 Å². The lowest BCUT2D eigenvalue weighted by atomic mass is 9.96. The Morgan fingerprint density at radius 1 is 1.44 bits per heavy atom. The van der Waals surface area contributed by atoms with Gasteiger partial charge in [-0.15, -0.1) is 0 Å². The number of hydrogen-bond acceptors (Lipinski definition) is 2. The number of hydrogen-bond donors (Lipinski definition) is 1. The number of rotatable bonds is 4. The highest BCUT2D eigenvalue weighted by molar-refractivity contribution is 5.29. The molecule has 18 heavy (non-hydrogen) atoms. The van der Waals surface area contributed by atoms with Crippen LogP contribution in [0.15, 0.2) is 18.2 Å². The maximum Gasteiger partial charge on any atom is 0.165 e. The Morgan fingerprint density at radius 3 is 2.89 bits per heavy atom. The maximum absolute atomic E-state index is 14.1. The van der Waals surface area contributed by atoms with Crippen molar-refractivity contribution in [3.05, 3.63) is 29.6 Å². The summed E-state index contributed by atoms with van der Waals surface area (Å²) in [6.45, 7) is 0.877. The summed E-state index contributed by atoms with van der Waals surface area (Å²) in [4.78, 5) is 0. The molecule has 1 saturated heterocycles. The van der Waals surface area contributed by atoms with Gasteiger partial charge in [-0.2, -0.15) is 0 Å². The molecule has 0 saturated carbocycles. The van der Waals surface area contributed by atoms with Crippen LogP contribution >= 0.6 is 0 Å². The normalized spacial score (nSPS) is 21.6. The Morgan fingerprint density at radius 2 is 2.28 bits per heavy atom. The van der Waals surface area contributed by atoms with E-state index >= 15 is 0 Å². The summed E-state index contributed by atoms with van der Waals surface area (Å²) in [5.74, 6) is -0.233. The van der Waals surface area contributed by atoms with Crippen LogP contribution in [-0.2, 0) is 6.42 Å². The number of piperidine rings is 1. The van der Waals surface area contributed by atoms with E-state index in [1.54, 1.807) is 12.1 Å². The van der Waals surface area contributed by atoms with Crippen molar-refractivity contribution >= 4 is 0 Å². The second kappa shape index (κ2) is 6.14. The monoisotopic (exact) mass is 255 g/mol. The molecule has 2 nitrogen and oxygen atoms in total. The molecule has 0 amide bonds. The van der Waals surface area contributed by atoms with Gasteiger partial charge < -0.3 is 10.1 Å². The van der Waals surface area contributed by atoms with E-state index in [9.17, 15) is 8.78 Å². The predicted octanol–water partition coefficient (Wildman–Crippen LogP) is 2.86. The number of benzene rings is 1. The van der Waals surface area contributed by atoms with Crippen molar-refractivity contribution in [3.8, 4) is 5.75 Å². The fraction of sp³-hybridized carbons (Fsp3) is 0.571. The van der Waals surface area contributed by atoms with Crippen molar-refractivity contribution < 1.29 is 13.5 Å². The van der Waals surface area contributed by atoms with E-state index in [4.69, 9.17) is 4.74 Å². The number of halogens is 2. The largest absolute Gasteiger partial charge is 0.494 e. The average molecular weight is 255 g/mol. The van der Waals surface area contributed by atoms with E-state index in [0.29, 0.717) is 5.56 Å². The smallest absolute Gasteiger partial charge is 0.165 e. The van der Waals surface area contributed by atoms with Gasteiger partial charge in [0.15, 0.2) is 11.6 Å². The van der Waals surface area contributed by atoms with Crippen molar-refractivity contribution in [2.24, 2.45) is 0 Å². The third-order valence-corrected chi connectivity index (χ3v) is 3.43. The summed E-state index contributed by atoms with van der Waals surface area (Å²) >= 11 is 0. The second-order valence-corrected chi connectivity index (χ2v) is 4.75. The van der Waals surface area contributed by atoms with Gasteiger partial charge in [0.05, 0.1) is 7.11 Å². The van der Waals surface area contributed by atoms with Gasteiger partial charge >= 0.3 is 0 Å². The number of nitrogens with one attached hydrogen (secondary N) is 1. The first-order valence-electron chi connectivity index (χ1n) is 6.40. The molecular weight excluding hydrogens is 236 g/mol. The van der Waals surface area contributed by atoms with Crippen LogP contribution in [0, 0.1) is 5.82 Å². The van der Waals surface area contributed by atoms with Crippen LogP contribution in [0.1, 0.15) is 24.8 Å². The Kier molecular flexibility index (Phi) is 4.53. The zero-order valence-corrected chi connectivity index (χ0v) is 10.6. The summed E-state index contributed by atoms with van der Waals surface area (Å²) in [7, 11) is 1.42. The van der Waals surface area contributed by atoms with Crippen molar-refractivity contribution in [2.75, 3.05) is 13.7 Å². The van der Waals surface area contributed by atoms with Crippen LogP contribution in [-0.4, -0.2) is 25.9 Å². The third kappa shape index (κ3) is 3.19. The predicted molar refractivity (Wildman–Crippen MR) is 67.2 cm³/mol. The van der Waals surface area contributed by atoms with Crippen molar-refractivity contribution in [2.45, 2.75) is 37.9 Å². The first-order valence-corrected chi connectivity index (χ1v) is 6.40. The minimum atomic E-state index is -0.960. The minimum Gasteiger partial charge on any atom is -0.494 e. The molecule has 0 aromatic heterocycles. The fourth-order valence-electron chi connectivity index (χ4n) is 2.39. The maximum atomic E-state index is 14.1. The van der Waals surface area contributed by atoms with Crippen molar-refractivity contribution in [1.82, 2.24) is 5.32 Å². The Labute approximate surface area is 106 Å². The molecule has 1 heterocycles. The molecule has 0 spiro atoms. The third-order valence-electron chi connectivity index (χ3n) is 3.43. The SMILES string of the molecule is COc1ccc(CC(F)C2CCCCN2)cc1F. The van der Waals surface area contributed by atoms with Crippen molar-refractivity contribution in [1.29, 1.82) is 0 Å². The zero-order valence-electron chi connectivity index (χ0n) is 10.6. The van der Waals surface area contributed by atoms with Gasteiger partial charge in [0, 0.05) is 12.5 Å². The quantitative estimate of drug-likeness (QED) is 0.893. The molecule has 1 fully saturated rings. The molecule has 1 N–H and O–H groups in total. The van der Waals surface area contributed by atoms with Gasteiger partial charge in [-0.3, -0.25) is 0 Å². The molecule has 0 aliphatic carbocycles. The van der Waals surface area contributed by atoms with Gasteiger partial charge in [-0.25, -0.2) is 8.78 Å². The molecule has 2 atom stereocenters. The average Bonchev–Trinajstić information content (AvgIpc) is 2.40. The standard InChI is InChI=1S/C14H19F2NO/c1-18-14-6-5-10(9-12(14)16)8-11(15)13-4-2-3-7-17-13/h5-6,9,11,13,17H,2-4,7-8H2,1H3. The van der Waals surface area contributed by atoms with Gasteiger partial charge in [0.2, 0.25) is 0 Å². The minimum absolute atomic E-state index is 0.0936. The van der Waals surface area contributed by atoms with Gasteiger partial charge in [0.25, 0.3) is 0 Å². The summed E-state index contributed by atoms with van der Waals surface area (Å²) in [6, 6.07) is 4.53. The Bertz CT molecular complexity index is 391. The number of ether oxygens (including phenoxy) is 1. The second-order valence-electron chi connectivity index (χ2n) is 4.75. The lowest BCUT2D eigenvalue weighted by Gasteiger charge is -2.26. The molecule has 0 bridgehead atoms. The van der Waals surface area contributed by atoms with Crippen molar-refractivity contribution in [3.63, 3.8) is 0 Å².